The first-order valence-electron chi connectivity index (χ1n) is 4.93. The third-order valence-corrected chi connectivity index (χ3v) is 2.94. The van der Waals surface area contributed by atoms with E-state index in [1.165, 1.54) is 0 Å². The van der Waals surface area contributed by atoms with Gasteiger partial charge in [0.05, 0.1) is 6.04 Å². The topological polar surface area (TPSA) is 29.1 Å². The number of carbonyl (C=O) groups excluding carboxylic acids is 1. The fourth-order valence-corrected chi connectivity index (χ4v) is 1.96. The highest BCUT2D eigenvalue weighted by molar-refractivity contribution is 5.79. The molecule has 1 N–H and O–H groups in total. The van der Waals surface area contributed by atoms with Crippen LogP contribution in [0.1, 0.15) is 19.8 Å². The Morgan fingerprint density at radius 1 is 1.31 bits per heavy atom. The van der Waals surface area contributed by atoms with Crippen molar-refractivity contribution in [3.63, 3.8) is 0 Å². The highest BCUT2D eigenvalue weighted by atomic mass is 16.1. The maximum absolute atomic E-state index is 11.5. The van der Waals surface area contributed by atoms with Crippen LogP contribution in [0.25, 0.3) is 0 Å². The van der Waals surface area contributed by atoms with E-state index in [-0.39, 0.29) is 17.9 Å². The normalized spacial score (nSPS) is 37.9. The molecule has 0 aromatic carbocycles. The molecule has 3 atom stereocenters. The Morgan fingerprint density at radius 3 is 2.92 bits per heavy atom. The van der Waals surface area contributed by atoms with E-state index in [1.807, 2.05) is 13.0 Å². The molecule has 1 saturated heterocycles. The molecule has 13 heavy (non-hydrogen) atoms. The zero-order chi connectivity index (χ0) is 9.26. The largest absolute Gasteiger partial charge is 0.349 e. The lowest BCUT2D eigenvalue weighted by Crippen LogP contribution is -2.38. The van der Waals surface area contributed by atoms with Gasteiger partial charge >= 0.3 is 0 Å². The molecule has 0 saturated carbocycles. The third kappa shape index (κ3) is 1.67. The second kappa shape index (κ2) is 3.36. The smallest absolute Gasteiger partial charge is 0.223 e. The van der Waals surface area contributed by atoms with E-state index < -0.39 is 0 Å². The number of carbonyl (C=O) groups is 1. The van der Waals surface area contributed by atoms with Gasteiger partial charge in [-0.05, 0) is 12.8 Å². The van der Waals surface area contributed by atoms with Crippen LogP contribution in [0.4, 0.5) is 0 Å². The molecule has 0 radical (unpaired) electrons. The lowest BCUT2D eigenvalue weighted by molar-refractivity contribution is -0.124. The Labute approximate surface area is 78.7 Å². The monoisotopic (exact) mass is 177 g/mol. The van der Waals surface area contributed by atoms with Crippen molar-refractivity contribution in [2.45, 2.75) is 25.8 Å². The molecule has 0 spiro atoms. The second-order valence-electron chi connectivity index (χ2n) is 3.95. The SMILES string of the molecule is C[C@H]1CCC2C=CC=CC2NC1=O. The first kappa shape index (κ1) is 8.54. The molecule has 0 aromatic rings. The van der Waals surface area contributed by atoms with E-state index in [9.17, 15) is 4.79 Å². The molecule has 2 nitrogen and oxygen atoms in total. The van der Waals surface area contributed by atoms with Gasteiger partial charge < -0.3 is 5.32 Å². The number of hydrogen-bond donors (Lipinski definition) is 1. The summed E-state index contributed by atoms with van der Waals surface area (Å²) in [6, 6.07) is 0.238. The fraction of sp³-hybridized carbons (Fsp3) is 0.545. The van der Waals surface area contributed by atoms with Gasteiger partial charge in [-0.25, -0.2) is 0 Å². The van der Waals surface area contributed by atoms with Gasteiger partial charge in [0.2, 0.25) is 5.91 Å². The molecule has 1 amide bonds. The zero-order valence-electron chi connectivity index (χ0n) is 7.86. The summed E-state index contributed by atoms with van der Waals surface area (Å²) in [5, 5.41) is 3.05. The van der Waals surface area contributed by atoms with Crippen LogP contribution in [0.3, 0.4) is 0 Å². The highest BCUT2D eigenvalue weighted by Gasteiger charge is 2.27. The summed E-state index contributed by atoms with van der Waals surface area (Å²) in [5.41, 5.74) is 0. The number of hydrogen-bond acceptors (Lipinski definition) is 1. The predicted molar refractivity (Wildman–Crippen MR) is 52.1 cm³/mol. The van der Waals surface area contributed by atoms with Crippen molar-refractivity contribution in [1.29, 1.82) is 0 Å². The number of amides is 1. The maximum atomic E-state index is 11.5. The fourth-order valence-electron chi connectivity index (χ4n) is 1.96. The summed E-state index contributed by atoms with van der Waals surface area (Å²) >= 11 is 0. The summed E-state index contributed by atoms with van der Waals surface area (Å²) in [4.78, 5) is 11.5. The lowest BCUT2D eigenvalue weighted by Gasteiger charge is -2.21. The van der Waals surface area contributed by atoms with Gasteiger partial charge in [-0.2, -0.15) is 0 Å². The zero-order valence-corrected chi connectivity index (χ0v) is 7.86. The Hall–Kier alpha value is -1.05. The average Bonchev–Trinajstić information content (AvgIpc) is 2.28. The molecule has 1 aliphatic carbocycles. The van der Waals surface area contributed by atoms with Gasteiger partial charge in [0.25, 0.3) is 0 Å². The quantitative estimate of drug-likeness (QED) is 0.599. The van der Waals surface area contributed by atoms with Gasteiger partial charge in [-0.15, -0.1) is 0 Å². The molecule has 1 aliphatic heterocycles. The second-order valence-corrected chi connectivity index (χ2v) is 3.95. The molecule has 0 bridgehead atoms. The van der Waals surface area contributed by atoms with Crippen LogP contribution >= 0.6 is 0 Å². The van der Waals surface area contributed by atoms with Crippen molar-refractivity contribution >= 4 is 5.91 Å². The summed E-state index contributed by atoms with van der Waals surface area (Å²) in [7, 11) is 0. The Bertz CT molecular complexity index is 267. The predicted octanol–water partition coefficient (Wildman–Crippen LogP) is 1.64. The van der Waals surface area contributed by atoms with Crippen molar-refractivity contribution in [2.75, 3.05) is 0 Å². The van der Waals surface area contributed by atoms with E-state index in [1.54, 1.807) is 0 Å². The van der Waals surface area contributed by atoms with E-state index in [2.05, 4.69) is 23.5 Å². The summed E-state index contributed by atoms with van der Waals surface area (Å²) in [5.74, 6) is 0.888. The summed E-state index contributed by atoms with van der Waals surface area (Å²) in [6.07, 6.45) is 10.5. The minimum atomic E-state index is 0.174. The van der Waals surface area contributed by atoms with Crippen molar-refractivity contribution < 1.29 is 4.79 Å². The lowest BCUT2D eigenvalue weighted by atomic mass is 9.91. The minimum absolute atomic E-state index is 0.174. The van der Waals surface area contributed by atoms with Crippen LogP contribution in [-0.4, -0.2) is 11.9 Å². The number of rotatable bonds is 0. The van der Waals surface area contributed by atoms with E-state index in [0.717, 1.165) is 12.8 Å². The van der Waals surface area contributed by atoms with Gasteiger partial charge in [0.15, 0.2) is 0 Å². The van der Waals surface area contributed by atoms with E-state index in [4.69, 9.17) is 0 Å². The number of allylic oxidation sites excluding steroid dienone is 2. The van der Waals surface area contributed by atoms with Gasteiger partial charge in [0, 0.05) is 11.8 Å². The van der Waals surface area contributed by atoms with Crippen LogP contribution < -0.4 is 5.32 Å². The molecule has 1 fully saturated rings. The van der Waals surface area contributed by atoms with Crippen LogP contribution in [0.15, 0.2) is 24.3 Å². The van der Waals surface area contributed by atoms with E-state index in [0.29, 0.717) is 5.92 Å². The van der Waals surface area contributed by atoms with Crippen LogP contribution in [-0.2, 0) is 4.79 Å². The molecule has 2 unspecified atom stereocenters. The summed E-state index contributed by atoms with van der Waals surface area (Å²) in [6.45, 7) is 2.00. The standard InChI is InChI=1S/C11H15NO/c1-8-6-7-9-4-2-3-5-10(9)12-11(8)13/h2-5,8-10H,6-7H2,1H3,(H,12,13)/t8-,9?,10?/m0/s1. The molecular weight excluding hydrogens is 162 g/mol. The van der Waals surface area contributed by atoms with Crippen molar-refractivity contribution in [1.82, 2.24) is 5.32 Å². The molecule has 70 valence electrons. The molecule has 2 heteroatoms. The minimum Gasteiger partial charge on any atom is -0.349 e. The summed E-state index contributed by atoms with van der Waals surface area (Å²) < 4.78 is 0. The van der Waals surface area contributed by atoms with Crippen molar-refractivity contribution in [3.8, 4) is 0 Å². The molecular formula is C11H15NO. The first-order valence-corrected chi connectivity index (χ1v) is 4.93. The highest BCUT2D eigenvalue weighted by Crippen LogP contribution is 2.24. The Balaban J connectivity index is 2.15. The van der Waals surface area contributed by atoms with Gasteiger partial charge in [-0.3, -0.25) is 4.79 Å². The average molecular weight is 177 g/mol. The molecule has 2 aliphatic rings. The van der Waals surface area contributed by atoms with Crippen LogP contribution in [0.5, 0.6) is 0 Å². The van der Waals surface area contributed by atoms with Gasteiger partial charge in [-0.1, -0.05) is 31.2 Å². The Morgan fingerprint density at radius 2 is 2.08 bits per heavy atom. The van der Waals surface area contributed by atoms with Crippen LogP contribution in [0, 0.1) is 11.8 Å². The van der Waals surface area contributed by atoms with Gasteiger partial charge in [0.1, 0.15) is 0 Å². The van der Waals surface area contributed by atoms with Crippen molar-refractivity contribution in [2.24, 2.45) is 11.8 Å². The van der Waals surface area contributed by atoms with Crippen LogP contribution in [0.2, 0.25) is 0 Å². The molecule has 2 rings (SSSR count). The third-order valence-electron chi connectivity index (χ3n) is 2.94. The van der Waals surface area contributed by atoms with E-state index >= 15 is 0 Å². The number of fused-ring (bicyclic) bond motifs is 1. The number of nitrogens with one attached hydrogen (secondary N) is 1. The molecule has 0 aromatic heterocycles. The van der Waals surface area contributed by atoms with Crippen molar-refractivity contribution in [3.05, 3.63) is 24.3 Å². The molecule has 1 heterocycles. The maximum Gasteiger partial charge on any atom is 0.223 e. The first-order chi connectivity index (χ1) is 6.27. The Kier molecular flexibility index (Phi) is 2.21.